The Labute approximate surface area is 251 Å². The fourth-order valence-electron chi connectivity index (χ4n) is 4.96. The van der Waals surface area contributed by atoms with Crippen LogP contribution in [0.4, 0.5) is 5.82 Å². The van der Waals surface area contributed by atoms with Crippen molar-refractivity contribution in [2.24, 2.45) is 11.3 Å². The number of hydrogen-bond donors (Lipinski definition) is 2. The number of rotatable bonds is 11. The zero-order valence-corrected chi connectivity index (χ0v) is 26.2. The maximum absolute atomic E-state index is 14.3. The highest BCUT2D eigenvalue weighted by molar-refractivity contribution is 7.52. The van der Waals surface area contributed by atoms with E-state index in [0.29, 0.717) is 29.2 Å². The maximum atomic E-state index is 14.3. The fraction of sp³-hybridized carbons (Fsp3) is 0.467. The Morgan fingerprint density at radius 3 is 2.70 bits per heavy atom. The average molecular weight is 611 g/mol. The largest absolute Gasteiger partial charge is 0.464 e. The molecule has 0 radical (unpaired) electrons. The molecule has 230 valence electrons. The van der Waals surface area contributed by atoms with Gasteiger partial charge in [-0.25, -0.2) is 19.5 Å². The van der Waals surface area contributed by atoms with Crippen LogP contribution in [0.1, 0.15) is 47.3 Å². The Kier molecular flexibility index (Phi) is 9.03. The molecule has 3 heterocycles. The number of anilines is 1. The van der Waals surface area contributed by atoms with Gasteiger partial charge >= 0.3 is 13.7 Å². The lowest BCUT2D eigenvalue weighted by Gasteiger charge is -2.25. The Morgan fingerprint density at radius 1 is 1.16 bits per heavy atom. The molecule has 0 spiro atoms. The van der Waals surface area contributed by atoms with Crippen LogP contribution in [0.25, 0.3) is 21.9 Å². The second kappa shape index (κ2) is 12.6. The number of fused-ring (bicyclic) bond motifs is 2. The van der Waals surface area contributed by atoms with E-state index >= 15 is 0 Å². The summed E-state index contributed by atoms with van der Waals surface area (Å²) in [5.41, 5.74) is 1.07. The van der Waals surface area contributed by atoms with Crippen molar-refractivity contribution in [3.8, 4) is 5.75 Å². The van der Waals surface area contributed by atoms with E-state index in [0.717, 1.165) is 10.8 Å². The number of hydrogen-bond acceptors (Lipinski definition) is 10. The second-order valence-electron chi connectivity index (χ2n) is 12.0. The number of carbonyl (C=O) groups excluding carboxylic acids is 1. The summed E-state index contributed by atoms with van der Waals surface area (Å²) in [6.07, 6.45) is 3.03. The molecule has 5 rings (SSSR count). The summed E-state index contributed by atoms with van der Waals surface area (Å²) >= 11 is 0. The van der Waals surface area contributed by atoms with Crippen molar-refractivity contribution in [2.45, 2.75) is 59.4 Å². The van der Waals surface area contributed by atoms with Gasteiger partial charge in [0.25, 0.3) is 0 Å². The van der Waals surface area contributed by atoms with Gasteiger partial charge in [0.2, 0.25) is 0 Å². The van der Waals surface area contributed by atoms with Crippen LogP contribution in [0.15, 0.2) is 55.1 Å². The van der Waals surface area contributed by atoms with E-state index < -0.39 is 25.9 Å². The van der Waals surface area contributed by atoms with Crippen LogP contribution in [-0.4, -0.2) is 57.9 Å². The van der Waals surface area contributed by atoms with Gasteiger partial charge in [0.15, 0.2) is 11.5 Å². The summed E-state index contributed by atoms with van der Waals surface area (Å²) in [6.45, 7) is 9.70. The summed E-state index contributed by atoms with van der Waals surface area (Å²) in [7, 11) is -2.32. The molecule has 2 N–H and O–H groups in total. The first-order chi connectivity index (χ1) is 20.5. The predicted molar refractivity (Wildman–Crippen MR) is 164 cm³/mol. The Hall–Kier alpha value is -3.57. The van der Waals surface area contributed by atoms with Crippen LogP contribution < -0.4 is 14.9 Å². The van der Waals surface area contributed by atoms with Crippen molar-refractivity contribution < 1.29 is 27.9 Å². The van der Waals surface area contributed by atoms with Crippen molar-refractivity contribution in [1.82, 2.24) is 24.6 Å². The molecule has 0 aliphatic carbocycles. The first-order valence-electron chi connectivity index (χ1n) is 14.3. The van der Waals surface area contributed by atoms with Crippen molar-refractivity contribution in [3.05, 3.63) is 55.1 Å². The van der Waals surface area contributed by atoms with Gasteiger partial charge in [0.05, 0.1) is 25.6 Å². The number of aromatic nitrogens is 4. The highest BCUT2D eigenvalue weighted by atomic mass is 31.2. The fourth-order valence-corrected chi connectivity index (χ4v) is 6.50. The summed E-state index contributed by atoms with van der Waals surface area (Å²) < 4.78 is 40.0. The summed E-state index contributed by atoms with van der Waals surface area (Å²) in [5, 5.41) is 7.50. The average Bonchev–Trinajstić information content (AvgIpc) is 3.57. The zero-order valence-electron chi connectivity index (χ0n) is 25.3. The zero-order chi connectivity index (χ0) is 30.8. The Bertz CT molecular complexity index is 1630. The molecule has 2 aromatic carbocycles. The van der Waals surface area contributed by atoms with Crippen LogP contribution in [0, 0.1) is 11.3 Å². The van der Waals surface area contributed by atoms with Crippen LogP contribution in [-0.2, 0) is 23.4 Å². The Morgan fingerprint density at radius 2 is 1.93 bits per heavy atom. The van der Waals surface area contributed by atoms with E-state index in [2.05, 4.69) is 32.3 Å². The van der Waals surface area contributed by atoms with Crippen LogP contribution in [0.3, 0.4) is 0 Å². The minimum atomic E-state index is -4.10. The third-order valence-electron chi connectivity index (χ3n) is 7.07. The lowest BCUT2D eigenvalue weighted by molar-refractivity contribution is -0.148. The molecule has 0 unspecified atom stereocenters. The van der Waals surface area contributed by atoms with Crippen molar-refractivity contribution in [3.63, 3.8) is 0 Å². The Balaban J connectivity index is 1.34. The van der Waals surface area contributed by atoms with E-state index in [4.69, 9.17) is 18.5 Å². The van der Waals surface area contributed by atoms with Gasteiger partial charge in [0.1, 0.15) is 29.9 Å². The van der Waals surface area contributed by atoms with Gasteiger partial charge in [-0.15, -0.1) is 0 Å². The van der Waals surface area contributed by atoms with Crippen molar-refractivity contribution in [2.75, 3.05) is 25.6 Å². The molecule has 5 atom stereocenters. The van der Waals surface area contributed by atoms with E-state index in [-0.39, 0.29) is 30.8 Å². The molecule has 4 aromatic rings. The molecule has 2 aromatic heterocycles. The molecule has 1 fully saturated rings. The second-order valence-corrected chi connectivity index (χ2v) is 13.7. The number of nitrogens with one attached hydrogen (secondary N) is 2. The summed E-state index contributed by atoms with van der Waals surface area (Å²) in [4.78, 5) is 25.9. The molecule has 13 heteroatoms. The molecule has 1 saturated heterocycles. The van der Waals surface area contributed by atoms with Crippen LogP contribution >= 0.6 is 7.75 Å². The number of benzene rings is 2. The van der Waals surface area contributed by atoms with Gasteiger partial charge in [-0.05, 0) is 30.2 Å². The minimum absolute atomic E-state index is 0.0387. The maximum Gasteiger partial charge on any atom is 0.459 e. The topological polar surface area (TPSA) is 139 Å². The molecule has 1 aliphatic heterocycles. The van der Waals surface area contributed by atoms with Gasteiger partial charge in [0, 0.05) is 18.4 Å². The lowest BCUT2D eigenvalue weighted by Crippen LogP contribution is -2.37. The molecular formula is C30H39N6O6P. The minimum Gasteiger partial charge on any atom is -0.464 e. The van der Waals surface area contributed by atoms with E-state index in [1.165, 1.54) is 6.33 Å². The SMILES string of the molecule is CNc1ncnc2c1ncn2[C@@H]1O[C@H](CO[P@](=O)(N[C@@H](C)C(=O)OCC(C)(C)C)Oc2cccc3ccccc23)C[C@@H]1C. The third-order valence-corrected chi connectivity index (χ3v) is 8.70. The smallest absolute Gasteiger partial charge is 0.459 e. The van der Waals surface area contributed by atoms with Gasteiger partial charge in [-0.2, -0.15) is 5.09 Å². The van der Waals surface area contributed by atoms with E-state index in [1.807, 2.05) is 61.7 Å². The first kappa shape index (κ1) is 30.9. The monoisotopic (exact) mass is 610 g/mol. The first-order valence-corrected chi connectivity index (χ1v) is 15.9. The summed E-state index contributed by atoms with van der Waals surface area (Å²) in [6, 6.07) is 12.1. The van der Waals surface area contributed by atoms with Crippen LogP contribution in [0.2, 0.25) is 0 Å². The number of carbonyl (C=O) groups is 1. The molecular weight excluding hydrogens is 571 g/mol. The van der Waals surface area contributed by atoms with Crippen molar-refractivity contribution in [1.29, 1.82) is 0 Å². The molecule has 0 saturated carbocycles. The van der Waals surface area contributed by atoms with E-state index in [1.54, 1.807) is 26.4 Å². The summed E-state index contributed by atoms with van der Waals surface area (Å²) in [5.74, 6) is 0.521. The standard InChI is InChI=1S/C30H39N6O6P/c1-19-14-22(41-28(19)36-18-34-25-26(31-6)32-17-33-27(25)36)15-40-43(38,35-20(2)29(37)39-16-30(3,4)5)42-24-13-9-11-21-10-7-8-12-23(21)24/h7-13,17-20,22,28H,14-16H2,1-6H3,(H,35,38)(H,31,32,33)/t19-,20-,22-,28+,43+/m0/s1. The molecule has 1 aliphatic rings. The predicted octanol–water partition coefficient (Wildman–Crippen LogP) is 5.72. The van der Waals surface area contributed by atoms with Gasteiger partial charge in [-0.3, -0.25) is 13.9 Å². The quantitative estimate of drug-likeness (QED) is 0.159. The highest BCUT2D eigenvalue weighted by Crippen LogP contribution is 2.48. The normalized spacial score (nSPS) is 21.0. The van der Waals surface area contributed by atoms with Crippen LogP contribution in [0.5, 0.6) is 5.75 Å². The number of esters is 1. The molecule has 0 bridgehead atoms. The highest BCUT2D eigenvalue weighted by Gasteiger charge is 2.39. The molecule has 12 nitrogen and oxygen atoms in total. The van der Waals surface area contributed by atoms with Gasteiger partial charge in [-0.1, -0.05) is 64.1 Å². The molecule has 43 heavy (non-hydrogen) atoms. The lowest BCUT2D eigenvalue weighted by atomic mass is 9.99. The number of nitrogens with zero attached hydrogens (tertiary/aromatic N) is 4. The number of imidazole rings is 1. The van der Waals surface area contributed by atoms with E-state index in [9.17, 15) is 9.36 Å². The van der Waals surface area contributed by atoms with Crippen molar-refractivity contribution >= 4 is 41.5 Å². The van der Waals surface area contributed by atoms with Gasteiger partial charge < -0.3 is 19.3 Å². The molecule has 0 amide bonds. The third kappa shape index (κ3) is 7.15. The number of ether oxygens (including phenoxy) is 2.